The molecular weight excluding hydrogens is 326 g/mol. The molecule has 2 N–H and O–H groups in total. The van der Waals surface area contributed by atoms with Crippen LogP contribution in [0.3, 0.4) is 0 Å². The van der Waals surface area contributed by atoms with E-state index >= 15 is 0 Å². The van der Waals surface area contributed by atoms with Gasteiger partial charge in [-0.15, -0.1) is 0 Å². The molecule has 0 bridgehead atoms. The van der Waals surface area contributed by atoms with Crippen LogP contribution < -0.4 is 5.32 Å². The first-order chi connectivity index (χ1) is 12.7. The van der Waals surface area contributed by atoms with Crippen molar-refractivity contribution in [2.24, 2.45) is 17.8 Å². The minimum absolute atomic E-state index is 0.167. The number of phenolic OH excluding ortho intramolecular Hbond substituents is 1. The zero-order valence-electron chi connectivity index (χ0n) is 14.2. The van der Waals surface area contributed by atoms with Gasteiger partial charge in [-0.2, -0.15) is 0 Å². The van der Waals surface area contributed by atoms with E-state index in [9.17, 15) is 5.11 Å². The highest BCUT2D eigenvalue weighted by Gasteiger charge is 2.54. The van der Waals surface area contributed by atoms with E-state index in [1.54, 1.807) is 31.0 Å². The van der Waals surface area contributed by atoms with Gasteiger partial charge in [-0.25, -0.2) is 4.98 Å². The molecule has 0 unspecified atom stereocenters. The normalized spacial score (nSPS) is 23.6. The fraction of sp³-hybridized carbons (Fsp3) is 0.250. The van der Waals surface area contributed by atoms with Crippen LogP contribution in [0.5, 0.6) is 5.75 Å². The quantitative estimate of drug-likeness (QED) is 0.760. The Labute approximate surface area is 151 Å². The van der Waals surface area contributed by atoms with Crippen LogP contribution in [-0.4, -0.2) is 37.7 Å². The highest BCUT2D eigenvalue weighted by atomic mass is 16.3. The third-order valence-corrected chi connectivity index (χ3v) is 5.53. The summed E-state index contributed by atoms with van der Waals surface area (Å²) in [5.41, 5.74) is 4.08. The molecule has 2 aliphatic rings. The van der Waals surface area contributed by atoms with E-state index in [1.165, 1.54) is 0 Å². The molecular formula is C20H19N5O. The lowest BCUT2D eigenvalue weighted by molar-refractivity contribution is 0.477. The monoisotopic (exact) mass is 345 g/mol. The smallest absolute Gasteiger partial charge is 0.127 e. The van der Waals surface area contributed by atoms with Crippen molar-refractivity contribution in [3.05, 3.63) is 61.6 Å². The standard InChI is InChI=1S/C20H19N5O/c1-12(20-15-7-22-8-16(15)20)17-9-24-18(10-23-17)14-3-2-13(6-19(14)26)25-5-4-21-11-25/h2-6,9-11,15-16,20,22,26H,1,7-8H2/t15-,16+,20+. The molecule has 1 aliphatic heterocycles. The molecule has 3 heterocycles. The van der Waals surface area contributed by atoms with Crippen LogP contribution in [0.4, 0.5) is 0 Å². The number of allylic oxidation sites excluding steroid dienone is 1. The lowest BCUT2D eigenvalue weighted by Crippen LogP contribution is -2.15. The number of imidazole rings is 1. The van der Waals surface area contributed by atoms with E-state index < -0.39 is 0 Å². The Bertz CT molecular complexity index is 954. The molecule has 0 radical (unpaired) electrons. The van der Waals surface area contributed by atoms with E-state index in [2.05, 4.69) is 26.8 Å². The number of phenols is 1. The second kappa shape index (κ2) is 5.78. The van der Waals surface area contributed by atoms with Gasteiger partial charge in [-0.1, -0.05) is 6.58 Å². The van der Waals surface area contributed by atoms with Gasteiger partial charge in [0.25, 0.3) is 0 Å². The number of aromatic hydroxyl groups is 1. The van der Waals surface area contributed by atoms with Crippen molar-refractivity contribution in [3.63, 3.8) is 0 Å². The molecule has 2 aromatic heterocycles. The minimum atomic E-state index is 0.167. The number of fused-ring (bicyclic) bond motifs is 1. The average Bonchev–Trinajstić information content (AvgIpc) is 3.07. The summed E-state index contributed by atoms with van der Waals surface area (Å²) in [5.74, 6) is 2.13. The van der Waals surface area contributed by atoms with Gasteiger partial charge < -0.3 is 15.0 Å². The van der Waals surface area contributed by atoms with Gasteiger partial charge in [0.2, 0.25) is 0 Å². The Hall–Kier alpha value is -2.99. The maximum atomic E-state index is 10.4. The van der Waals surface area contributed by atoms with Crippen molar-refractivity contribution in [2.75, 3.05) is 13.1 Å². The van der Waals surface area contributed by atoms with Gasteiger partial charge in [0.15, 0.2) is 0 Å². The summed E-state index contributed by atoms with van der Waals surface area (Å²) >= 11 is 0. The first kappa shape index (κ1) is 15.3. The summed E-state index contributed by atoms with van der Waals surface area (Å²) in [4.78, 5) is 13.1. The van der Waals surface area contributed by atoms with Gasteiger partial charge in [0.05, 0.1) is 35.8 Å². The molecule has 1 saturated carbocycles. The Balaban J connectivity index is 1.38. The van der Waals surface area contributed by atoms with Gasteiger partial charge in [-0.05, 0) is 48.5 Å². The van der Waals surface area contributed by atoms with Crippen LogP contribution in [0, 0.1) is 17.8 Å². The predicted octanol–water partition coefficient (Wildman–Crippen LogP) is 2.51. The molecule has 2 fully saturated rings. The largest absolute Gasteiger partial charge is 0.507 e. The van der Waals surface area contributed by atoms with Crippen molar-refractivity contribution in [1.82, 2.24) is 24.8 Å². The van der Waals surface area contributed by atoms with Crippen molar-refractivity contribution < 1.29 is 5.11 Å². The molecule has 6 heteroatoms. The summed E-state index contributed by atoms with van der Waals surface area (Å²) in [5, 5.41) is 13.8. The molecule has 1 aliphatic carbocycles. The lowest BCUT2D eigenvalue weighted by atomic mass is 10.1. The van der Waals surface area contributed by atoms with Gasteiger partial charge in [-0.3, -0.25) is 9.97 Å². The molecule has 3 aromatic rings. The second-order valence-electron chi connectivity index (χ2n) is 7.00. The molecule has 1 saturated heterocycles. The Morgan fingerprint density at radius 3 is 2.69 bits per heavy atom. The van der Waals surface area contributed by atoms with Gasteiger partial charge in [0, 0.05) is 24.0 Å². The maximum Gasteiger partial charge on any atom is 0.127 e. The van der Waals surface area contributed by atoms with Crippen molar-refractivity contribution in [1.29, 1.82) is 0 Å². The second-order valence-corrected chi connectivity index (χ2v) is 7.00. The number of nitrogens with zero attached hydrogens (tertiary/aromatic N) is 4. The van der Waals surface area contributed by atoms with Crippen LogP contribution in [-0.2, 0) is 0 Å². The number of nitrogens with one attached hydrogen (secondary N) is 1. The summed E-state index contributed by atoms with van der Waals surface area (Å²) in [6.45, 7) is 6.40. The van der Waals surface area contributed by atoms with Crippen molar-refractivity contribution in [3.8, 4) is 22.7 Å². The number of benzene rings is 1. The molecule has 6 nitrogen and oxygen atoms in total. The minimum Gasteiger partial charge on any atom is -0.507 e. The van der Waals surface area contributed by atoms with E-state index in [0.717, 1.165) is 30.0 Å². The first-order valence-corrected chi connectivity index (χ1v) is 8.76. The fourth-order valence-electron chi connectivity index (χ4n) is 4.05. The van der Waals surface area contributed by atoms with Crippen molar-refractivity contribution in [2.45, 2.75) is 0 Å². The number of hydrogen-bond acceptors (Lipinski definition) is 5. The molecule has 130 valence electrons. The Morgan fingerprint density at radius 1 is 1.19 bits per heavy atom. The topological polar surface area (TPSA) is 75.9 Å². The van der Waals surface area contributed by atoms with Gasteiger partial charge >= 0.3 is 0 Å². The number of piperidine rings is 1. The molecule has 3 atom stereocenters. The third-order valence-electron chi connectivity index (χ3n) is 5.53. The summed E-state index contributed by atoms with van der Waals surface area (Å²) < 4.78 is 1.84. The van der Waals surface area contributed by atoms with Crippen LogP contribution >= 0.6 is 0 Å². The summed E-state index contributed by atoms with van der Waals surface area (Å²) in [7, 11) is 0. The average molecular weight is 345 g/mol. The zero-order valence-corrected chi connectivity index (χ0v) is 14.2. The highest BCUT2D eigenvalue weighted by Crippen LogP contribution is 2.54. The Kier molecular flexibility index (Phi) is 3.39. The van der Waals surface area contributed by atoms with E-state index in [-0.39, 0.29) is 5.75 Å². The summed E-state index contributed by atoms with van der Waals surface area (Å²) in [6, 6.07) is 5.47. The van der Waals surface area contributed by atoms with Crippen molar-refractivity contribution >= 4 is 5.57 Å². The van der Waals surface area contributed by atoms with Crippen LogP contribution in [0.2, 0.25) is 0 Å². The first-order valence-electron chi connectivity index (χ1n) is 8.76. The van der Waals surface area contributed by atoms with E-state index in [1.807, 2.05) is 22.9 Å². The fourth-order valence-corrected chi connectivity index (χ4v) is 4.05. The number of aromatic nitrogens is 4. The third kappa shape index (κ3) is 2.42. The predicted molar refractivity (Wildman–Crippen MR) is 98.6 cm³/mol. The van der Waals surface area contributed by atoms with Crippen LogP contribution in [0.15, 0.2) is 55.9 Å². The van der Waals surface area contributed by atoms with Gasteiger partial charge in [0.1, 0.15) is 5.75 Å². The molecule has 1 aromatic carbocycles. The van der Waals surface area contributed by atoms with Crippen LogP contribution in [0.1, 0.15) is 5.69 Å². The zero-order chi connectivity index (χ0) is 17.7. The van der Waals surface area contributed by atoms with Crippen LogP contribution in [0.25, 0.3) is 22.5 Å². The summed E-state index contributed by atoms with van der Waals surface area (Å²) in [6.07, 6.45) is 8.70. The number of hydrogen-bond donors (Lipinski definition) is 2. The maximum absolute atomic E-state index is 10.4. The lowest BCUT2D eigenvalue weighted by Gasteiger charge is -2.10. The van der Waals surface area contributed by atoms with E-state index in [0.29, 0.717) is 29.0 Å². The Morgan fingerprint density at radius 2 is 2.04 bits per heavy atom. The number of rotatable bonds is 4. The molecule has 0 spiro atoms. The molecule has 26 heavy (non-hydrogen) atoms. The van der Waals surface area contributed by atoms with E-state index in [4.69, 9.17) is 0 Å². The molecule has 0 amide bonds. The SMILES string of the molecule is C=C(c1cnc(-c2ccc(-n3ccnc3)cc2O)cn1)[C@H]1[C@@H]2CNC[C@@H]21. The molecule has 5 rings (SSSR count). The highest BCUT2D eigenvalue weighted by molar-refractivity contribution is 5.70.